The molecule has 0 aliphatic heterocycles. The van der Waals surface area contributed by atoms with E-state index in [0.717, 1.165) is 37.1 Å². The number of carbonyl (C=O) groups excluding carboxylic acids is 2. The number of hydrogen-bond acceptors (Lipinski definition) is 5. The molecule has 156 valence electrons. The van der Waals surface area contributed by atoms with Crippen molar-refractivity contribution in [1.82, 2.24) is 4.98 Å². The third-order valence-electron chi connectivity index (χ3n) is 4.65. The number of fused-ring (bicyclic) bond motifs is 1. The van der Waals surface area contributed by atoms with Gasteiger partial charge in [-0.3, -0.25) is 9.59 Å². The molecule has 0 aliphatic carbocycles. The minimum Gasteiger partial charge on any atom is -0.325 e. The van der Waals surface area contributed by atoms with Crippen molar-refractivity contribution in [2.45, 2.75) is 18.2 Å². The van der Waals surface area contributed by atoms with Gasteiger partial charge in [0.2, 0.25) is 5.91 Å². The Morgan fingerprint density at radius 1 is 0.968 bits per heavy atom. The summed E-state index contributed by atoms with van der Waals surface area (Å²) in [6.07, 6.45) is 0. The number of para-hydroxylation sites is 1. The summed E-state index contributed by atoms with van der Waals surface area (Å²) in [4.78, 5) is 29.4. The monoisotopic (exact) mass is 447 g/mol. The second kappa shape index (κ2) is 9.32. The summed E-state index contributed by atoms with van der Waals surface area (Å²) < 4.78 is 1.78. The number of nitrogens with zero attached hydrogens (tertiary/aromatic N) is 1. The summed E-state index contributed by atoms with van der Waals surface area (Å²) in [5.41, 5.74) is 5.09. The number of carbonyl (C=O) groups is 2. The number of anilines is 2. The van der Waals surface area contributed by atoms with E-state index >= 15 is 0 Å². The van der Waals surface area contributed by atoms with Crippen molar-refractivity contribution in [3.63, 3.8) is 0 Å². The van der Waals surface area contributed by atoms with Gasteiger partial charge in [0.05, 0.1) is 16.0 Å². The van der Waals surface area contributed by atoms with Crippen LogP contribution in [0.3, 0.4) is 0 Å². The van der Waals surface area contributed by atoms with Crippen molar-refractivity contribution < 1.29 is 9.59 Å². The number of amides is 2. The highest BCUT2D eigenvalue weighted by Gasteiger charge is 2.11. The van der Waals surface area contributed by atoms with E-state index in [9.17, 15) is 9.59 Å². The van der Waals surface area contributed by atoms with E-state index in [-0.39, 0.29) is 17.6 Å². The summed E-state index contributed by atoms with van der Waals surface area (Å²) in [6.45, 7) is 3.92. The highest BCUT2D eigenvalue weighted by Crippen LogP contribution is 2.31. The van der Waals surface area contributed by atoms with Crippen molar-refractivity contribution in [1.29, 1.82) is 0 Å². The maximum absolute atomic E-state index is 12.5. The second-order valence-electron chi connectivity index (χ2n) is 7.14. The summed E-state index contributed by atoms with van der Waals surface area (Å²) in [7, 11) is 0. The molecular formula is C24H21N3O2S2. The van der Waals surface area contributed by atoms with E-state index in [1.165, 1.54) is 23.1 Å². The molecule has 31 heavy (non-hydrogen) atoms. The molecule has 7 heteroatoms. The van der Waals surface area contributed by atoms with Gasteiger partial charge < -0.3 is 10.6 Å². The first-order valence-electron chi connectivity index (χ1n) is 9.75. The standard InChI is InChI=1S/C24H21N3O2S2/c1-15-6-5-8-17(12-15)23(29)25-18-10-11-20-21(13-18)31-24(27-20)30-14-22(28)26-19-9-4-3-7-16(19)2/h3-13H,14H2,1-2H3,(H,25,29)(H,26,28). The van der Waals surface area contributed by atoms with E-state index in [1.54, 1.807) is 6.07 Å². The Hall–Kier alpha value is -3.16. The number of benzene rings is 3. The molecule has 0 spiro atoms. The fourth-order valence-electron chi connectivity index (χ4n) is 3.06. The van der Waals surface area contributed by atoms with Crippen molar-refractivity contribution in [2.24, 2.45) is 0 Å². The predicted molar refractivity (Wildman–Crippen MR) is 129 cm³/mol. The van der Waals surface area contributed by atoms with Gasteiger partial charge in [-0.15, -0.1) is 11.3 Å². The lowest BCUT2D eigenvalue weighted by atomic mass is 10.1. The third kappa shape index (κ3) is 5.31. The SMILES string of the molecule is Cc1cccc(C(=O)Nc2ccc3nc(SCC(=O)Nc4ccccc4C)sc3c2)c1. The lowest BCUT2D eigenvalue weighted by Gasteiger charge is -2.06. The molecule has 3 aromatic carbocycles. The first-order chi connectivity index (χ1) is 15.0. The van der Waals surface area contributed by atoms with Crippen molar-refractivity contribution in [3.8, 4) is 0 Å². The molecule has 4 rings (SSSR count). The Morgan fingerprint density at radius 3 is 2.61 bits per heavy atom. The van der Waals surface area contributed by atoms with Crippen LogP contribution in [0.15, 0.2) is 71.1 Å². The Morgan fingerprint density at radius 2 is 1.81 bits per heavy atom. The van der Waals surface area contributed by atoms with Gasteiger partial charge in [-0.05, 0) is 55.8 Å². The topological polar surface area (TPSA) is 71.1 Å². The highest BCUT2D eigenvalue weighted by molar-refractivity contribution is 8.01. The minimum atomic E-state index is -0.143. The molecule has 1 aromatic heterocycles. The molecule has 0 unspecified atom stereocenters. The quantitative estimate of drug-likeness (QED) is 0.361. The van der Waals surface area contributed by atoms with E-state index in [4.69, 9.17) is 0 Å². The number of rotatable bonds is 6. The third-order valence-corrected chi connectivity index (χ3v) is 6.81. The van der Waals surface area contributed by atoms with Crippen LogP contribution in [0.25, 0.3) is 10.2 Å². The molecule has 0 aliphatic rings. The molecule has 0 atom stereocenters. The molecule has 5 nitrogen and oxygen atoms in total. The average Bonchev–Trinajstić information content (AvgIpc) is 3.16. The zero-order valence-electron chi connectivity index (χ0n) is 17.1. The fourth-order valence-corrected chi connectivity index (χ4v) is 4.97. The molecule has 0 radical (unpaired) electrons. The lowest BCUT2D eigenvalue weighted by molar-refractivity contribution is -0.113. The van der Waals surface area contributed by atoms with Crippen LogP contribution in [-0.4, -0.2) is 22.6 Å². The van der Waals surface area contributed by atoms with Gasteiger partial charge in [-0.2, -0.15) is 0 Å². The zero-order chi connectivity index (χ0) is 21.8. The van der Waals surface area contributed by atoms with Crippen LogP contribution in [0.5, 0.6) is 0 Å². The average molecular weight is 448 g/mol. The van der Waals surface area contributed by atoms with E-state index in [2.05, 4.69) is 15.6 Å². The molecular weight excluding hydrogens is 426 g/mol. The summed E-state index contributed by atoms with van der Waals surface area (Å²) in [5.74, 6) is 0.0742. The van der Waals surface area contributed by atoms with Crippen LogP contribution in [0.1, 0.15) is 21.5 Å². The van der Waals surface area contributed by atoms with Crippen molar-refractivity contribution in [2.75, 3.05) is 16.4 Å². The summed E-state index contributed by atoms with van der Waals surface area (Å²) in [6, 6.07) is 20.8. The first kappa shape index (κ1) is 21.1. The van der Waals surface area contributed by atoms with Crippen LogP contribution < -0.4 is 10.6 Å². The van der Waals surface area contributed by atoms with Gasteiger partial charge in [0.25, 0.3) is 5.91 Å². The summed E-state index contributed by atoms with van der Waals surface area (Å²) >= 11 is 2.91. The number of thiazole rings is 1. The maximum atomic E-state index is 12.5. The molecule has 2 amide bonds. The normalized spacial score (nSPS) is 10.8. The van der Waals surface area contributed by atoms with Gasteiger partial charge in [-0.1, -0.05) is 47.7 Å². The number of nitrogens with one attached hydrogen (secondary N) is 2. The Kier molecular flexibility index (Phi) is 6.34. The van der Waals surface area contributed by atoms with Crippen LogP contribution in [-0.2, 0) is 4.79 Å². The fraction of sp³-hybridized carbons (Fsp3) is 0.125. The largest absolute Gasteiger partial charge is 0.325 e. The molecule has 2 N–H and O–H groups in total. The highest BCUT2D eigenvalue weighted by atomic mass is 32.2. The van der Waals surface area contributed by atoms with Gasteiger partial charge in [0.15, 0.2) is 4.34 Å². The molecule has 1 heterocycles. The van der Waals surface area contributed by atoms with Crippen LogP contribution in [0, 0.1) is 13.8 Å². The number of thioether (sulfide) groups is 1. The van der Waals surface area contributed by atoms with Crippen LogP contribution in [0.4, 0.5) is 11.4 Å². The van der Waals surface area contributed by atoms with Gasteiger partial charge in [0, 0.05) is 16.9 Å². The number of aryl methyl sites for hydroxylation is 2. The molecule has 0 bridgehead atoms. The molecule has 0 fully saturated rings. The van der Waals surface area contributed by atoms with E-state index in [0.29, 0.717) is 5.56 Å². The zero-order valence-corrected chi connectivity index (χ0v) is 18.8. The van der Waals surface area contributed by atoms with E-state index in [1.807, 2.05) is 74.5 Å². The predicted octanol–water partition coefficient (Wildman–Crippen LogP) is 5.90. The Balaban J connectivity index is 1.40. The maximum Gasteiger partial charge on any atom is 0.255 e. The lowest BCUT2D eigenvalue weighted by Crippen LogP contribution is -2.14. The Bertz CT molecular complexity index is 1270. The molecule has 4 aromatic rings. The van der Waals surface area contributed by atoms with Crippen LogP contribution >= 0.6 is 23.1 Å². The van der Waals surface area contributed by atoms with Gasteiger partial charge in [0.1, 0.15) is 0 Å². The smallest absolute Gasteiger partial charge is 0.255 e. The minimum absolute atomic E-state index is 0.0651. The number of aromatic nitrogens is 1. The van der Waals surface area contributed by atoms with Crippen molar-refractivity contribution >= 4 is 56.5 Å². The van der Waals surface area contributed by atoms with E-state index < -0.39 is 0 Å². The first-order valence-corrected chi connectivity index (χ1v) is 11.5. The number of hydrogen-bond donors (Lipinski definition) is 2. The molecule has 0 saturated heterocycles. The van der Waals surface area contributed by atoms with Gasteiger partial charge >= 0.3 is 0 Å². The van der Waals surface area contributed by atoms with Gasteiger partial charge in [-0.25, -0.2) is 4.98 Å². The second-order valence-corrected chi connectivity index (χ2v) is 9.39. The molecule has 0 saturated carbocycles. The Labute approximate surface area is 188 Å². The van der Waals surface area contributed by atoms with Crippen LogP contribution in [0.2, 0.25) is 0 Å². The van der Waals surface area contributed by atoms with Crippen molar-refractivity contribution in [3.05, 3.63) is 83.4 Å². The summed E-state index contributed by atoms with van der Waals surface area (Å²) in [5, 5.41) is 5.87.